The quantitative estimate of drug-likeness (QED) is 0.491. The lowest BCUT2D eigenvalue weighted by atomic mass is 10.0. The number of aromatic nitrogens is 3. The Morgan fingerprint density at radius 3 is 2.53 bits per heavy atom. The van der Waals surface area contributed by atoms with Gasteiger partial charge in [-0.3, -0.25) is 0 Å². The molecule has 0 radical (unpaired) electrons. The molecule has 17 heavy (non-hydrogen) atoms. The van der Waals surface area contributed by atoms with Gasteiger partial charge in [-0.2, -0.15) is 0 Å². The second kappa shape index (κ2) is 3.48. The van der Waals surface area contributed by atoms with Crippen LogP contribution >= 0.6 is 0 Å². The zero-order valence-corrected chi connectivity index (χ0v) is 8.91. The van der Waals surface area contributed by atoms with Crippen molar-refractivity contribution in [2.45, 2.75) is 0 Å². The van der Waals surface area contributed by atoms with Crippen LogP contribution in [-0.4, -0.2) is 20.4 Å². The largest absolute Gasteiger partial charge is 0.398 e. The normalized spacial score (nSPS) is 10.8. The molecular weight excluding hydrogens is 216 g/mol. The Morgan fingerprint density at radius 1 is 1.00 bits per heavy atom. The highest BCUT2D eigenvalue weighted by atomic mass is 16.5. The third-order valence-electron chi connectivity index (χ3n) is 2.64. The summed E-state index contributed by atoms with van der Waals surface area (Å²) in [6, 6.07) is 13.2. The summed E-state index contributed by atoms with van der Waals surface area (Å²) >= 11 is 0. The maximum Gasteiger partial charge on any atom is 0.126 e. The van der Waals surface area contributed by atoms with Gasteiger partial charge in [-0.05, 0) is 22.7 Å². The molecule has 0 aliphatic heterocycles. The van der Waals surface area contributed by atoms with E-state index in [0.29, 0.717) is 21.7 Å². The number of nitrogen functional groups attached to an aromatic ring is 1. The summed E-state index contributed by atoms with van der Waals surface area (Å²) in [4.78, 5) is 0.566. The maximum atomic E-state index is 9.27. The van der Waals surface area contributed by atoms with Gasteiger partial charge in [-0.15, -0.1) is 10.2 Å². The van der Waals surface area contributed by atoms with Crippen molar-refractivity contribution in [2.24, 2.45) is 0 Å². The van der Waals surface area contributed by atoms with Gasteiger partial charge in [0.25, 0.3) is 0 Å². The van der Waals surface area contributed by atoms with Crippen LogP contribution in [-0.2, 0) is 0 Å². The van der Waals surface area contributed by atoms with Crippen LogP contribution in [0.5, 0.6) is 0 Å². The van der Waals surface area contributed by atoms with Crippen LogP contribution in [0.4, 0.5) is 5.69 Å². The first-order valence-corrected chi connectivity index (χ1v) is 5.16. The van der Waals surface area contributed by atoms with Gasteiger partial charge >= 0.3 is 0 Å². The monoisotopic (exact) mass is 226 g/mol. The Labute approximate surface area is 97.1 Å². The molecule has 3 rings (SSSR count). The molecule has 2 aromatic carbocycles. The Hall–Kier alpha value is -2.56. The fourth-order valence-electron chi connectivity index (χ4n) is 1.89. The minimum Gasteiger partial charge on any atom is -0.398 e. The molecular formula is C12H10N4O. The molecule has 0 spiro atoms. The fraction of sp³-hybridized carbons (Fsp3) is 0. The topological polar surface area (TPSA) is 77.0 Å². The van der Waals surface area contributed by atoms with Gasteiger partial charge in [0.2, 0.25) is 0 Å². The van der Waals surface area contributed by atoms with Crippen molar-refractivity contribution >= 4 is 16.7 Å². The van der Waals surface area contributed by atoms with Crippen molar-refractivity contribution < 1.29 is 5.21 Å². The molecule has 3 aromatic rings. The minimum absolute atomic E-state index is 0.566. The van der Waals surface area contributed by atoms with Crippen LogP contribution in [0, 0.1) is 0 Å². The van der Waals surface area contributed by atoms with E-state index in [1.807, 2.05) is 30.3 Å². The Morgan fingerprint density at radius 2 is 1.76 bits per heavy atom. The van der Waals surface area contributed by atoms with Crippen LogP contribution in [0.1, 0.15) is 0 Å². The summed E-state index contributed by atoms with van der Waals surface area (Å²) in [5, 5.41) is 17.0. The average Bonchev–Trinajstić information content (AvgIpc) is 2.70. The Kier molecular flexibility index (Phi) is 1.98. The molecule has 0 aliphatic rings. The lowest BCUT2D eigenvalue weighted by molar-refractivity contribution is 0.113. The summed E-state index contributed by atoms with van der Waals surface area (Å²) in [6.45, 7) is 0. The number of nitrogens with two attached hydrogens (primary N) is 1. The number of fused-ring (bicyclic) bond motifs is 1. The van der Waals surface area contributed by atoms with E-state index < -0.39 is 0 Å². The van der Waals surface area contributed by atoms with Gasteiger partial charge in [0.05, 0.1) is 0 Å². The van der Waals surface area contributed by atoms with Gasteiger partial charge in [0, 0.05) is 11.3 Å². The van der Waals surface area contributed by atoms with Crippen LogP contribution in [0.2, 0.25) is 0 Å². The van der Waals surface area contributed by atoms with E-state index in [1.54, 1.807) is 12.1 Å². The molecule has 0 atom stereocenters. The Bertz CT molecular complexity index is 676. The number of hydrogen-bond donors (Lipinski definition) is 2. The van der Waals surface area contributed by atoms with E-state index in [-0.39, 0.29) is 0 Å². The molecule has 0 aliphatic carbocycles. The van der Waals surface area contributed by atoms with Crippen molar-refractivity contribution in [3.8, 4) is 11.1 Å². The van der Waals surface area contributed by atoms with E-state index in [1.165, 1.54) is 0 Å². The highest BCUT2D eigenvalue weighted by molar-refractivity contribution is 5.97. The van der Waals surface area contributed by atoms with E-state index in [2.05, 4.69) is 10.2 Å². The van der Waals surface area contributed by atoms with Crippen molar-refractivity contribution in [1.82, 2.24) is 15.2 Å². The number of nitrogens with zero attached hydrogens (tertiary/aromatic N) is 3. The SMILES string of the molecule is Nc1ccc2nn(O)nc2c1-c1ccccc1. The number of anilines is 1. The van der Waals surface area contributed by atoms with Gasteiger partial charge in [-0.1, -0.05) is 30.3 Å². The first-order valence-electron chi connectivity index (χ1n) is 5.16. The third-order valence-corrected chi connectivity index (χ3v) is 2.64. The molecule has 5 heteroatoms. The van der Waals surface area contributed by atoms with Crippen LogP contribution in [0.3, 0.4) is 0 Å². The molecule has 3 N–H and O–H groups in total. The van der Waals surface area contributed by atoms with Gasteiger partial charge in [0.1, 0.15) is 11.0 Å². The molecule has 0 amide bonds. The molecule has 1 heterocycles. The van der Waals surface area contributed by atoms with E-state index >= 15 is 0 Å². The van der Waals surface area contributed by atoms with Crippen molar-refractivity contribution in [1.29, 1.82) is 0 Å². The second-order valence-electron chi connectivity index (χ2n) is 3.73. The highest BCUT2D eigenvalue weighted by Crippen LogP contribution is 2.31. The molecule has 0 saturated heterocycles. The predicted octanol–water partition coefficient (Wildman–Crippen LogP) is 1.92. The van der Waals surface area contributed by atoms with Crippen molar-refractivity contribution in [2.75, 3.05) is 5.73 Å². The number of hydrogen-bond acceptors (Lipinski definition) is 4. The zero-order valence-electron chi connectivity index (χ0n) is 8.91. The summed E-state index contributed by atoms with van der Waals surface area (Å²) in [6.07, 6.45) is 0. The van der Waals surface area contributed by atoms with E-state index in [9.17, 15) is 5.21 Å². The molecule has 0 bridgehead atoms. The first-order chi connectivity index (χ1) is 8.25. The third kappa shape index (κ3) is 1.48. The zero-order chi connectivity index (χ0) is 11.8. The van der Waals surface area contributed by atoms with Crippen LogP contribution in [0.15, 0.2) is 42.5 Å². The standard InChI is InChI=1S/C12H10N4O/c13-9-6-7-10-12(15-16(17)14-10)11(9)8-4-2-1-3-5-8/h1-7,17H,13H2. The lowest BCUT2D eigenvalue weighted by Gasteiger charge is -2.05. The summed E-state index contributed by atoms with van der Waals surface area (Å²) in [5.74, 6) is 0. The molecule has 1 aromatic heterocycles. The van der Waals surface area contributed by atoms with Gasteiger partial charge in [-0.25, -0.2) is 0 Å². The van der Waals surface area contributed by atoms with Crippen molar-refractivity contribution in [3.63, 3.8) is 0 Å². The highest BCUT2D eigenvalue weighted by Gasteiger charge is 2.12. The summed E-state index contributed by atoms with van der Waals surface area (Å²) < 4.78 is 0. The number of benzene rings is 2. The summed E-state index contributed by atoms with van der Waals surface area (Å²) in [7, 11) is 0. The molecule has 5 nitrogen and oxygen atoms in total. The Balaban J connectivity index is 2.38. The number of rotatable bonds is 1. The van der Waals surface area contributed by atoms with Gasteiger partial charge < -0.3 is 10.9 Å². The maximum absolute atomic E-state index is 9.27. The first kappa shape index (κ1) is 9.65. The molecule has 0 saturated carbocycles. The average molecular weight is 226 g/mol. The smallest absolute Gasteiger partial charge is 0.126 e. The lowest BCUT2D eigenvalue weighted by Crippen LogP contribution is -1.94. The minimum atomic E-state index is 0.566. The predicted molar refractivity (Wildman–Crippen MR) is 64.6 cm³/mol. The van der Waals surface area contributed by atoms with Crippen LogP contribution in [0.25, 0.3) is 22.2 Å². The molecule has 0 unspecified atom stereocenters. The van der Waals surface area contributed by atoms with Crippen LogP contribution < -0.4 is 5.73 Å². The van der Waals surface area contributed by atoms with E-state index in [4.69, 9.17) is 5.73 Å². The summed E-state index contributed by atoms with van der Waals surface area (Å²) in [5.41, 5.74) is 9.54. The van der Waals surface area contributed by atoms with Crippen molar-refractivity contribution in [3.05, 3.63) is 42.5 Å². The molecule has 84 valence electrons. The van der Waals surface area contributed by atoms with E-state index in [0.717, 1.165) is 11.1 Å². The fourth-order valence-corrected chi connectivity index (χ4v) is 1.89. The second-order valence-corrected chi connectivity index (χ2v) is 3.73. The van der Waals surface area contributed by atoms with Gasteiger partial charge in [0.15, 0.2) is 0 Å². The molecule has 0 fully saturated rings.